The Morgan fingerprint density at radius 1 is 1.41 bits per heavy atom. The Labute approximate surface area is 102 Å². The Morgan fingerprint density at radius 3 is 2.65 bits per heavy atom. The molecule has 1 fully saturated rings. The van der Waals surface area contributed by atoms with Crippen LogP contribution in [-0.2, 0) is 0 Å². The van der Waals surface area contributed by atoms with Crippen molar-refractivity contribution >= 4 is 11.6 Å². The summed E-state index contributed by atoms with van der Waals surface area (Å²) in [5.41, 5.74) is 1.59. The van der Waals surface area contributed by atoms with E-state index in [0.717, 1.165) is 18.5 Å². The van der Waals surface area contributed by atoms with Gasteiger partial charge in [-0.1, -0.05) is 0 Å². The van der Waals surface area contributed by atoms with Gasteiger partial charge in [0.05, 0.1) is 11.7 Å². The molecule has 4 nitrogen and oxygen atoms in total. The molecule has 0 aromatic heterocycles. The lowest BCUT2D eigenvalue weighted by atomic mass is 10.1. The van der Waals surface area contributed by atoms with Gasteiger partial charge in [-0.25, -0.2) is 0 Å². The average molecular weight is 234 g/mol. The smallest absolute Gasteiger partial charge is 0.254 e. The number of hydrogen-bond donors (Lipinski definition) is 1. The van der Waals surface area contributed by atoms with Crippen LogP contribution in [-0.4, -0.2) is 33.2 Å². The summed E-state index contributed by atoms with van der Waals surface area (Å²) in [5.74, 6) is 0.571. The van der Waals surface area contributed by atoms with E-state index in [1.54, 1.807) is 7.05 Å². The maximum atomic E-state index is 11.8. The van der Waals surface area contributed by atoms with Crippen LogP contribution in [0.3, 0.4) is 0 Å². The van der Waals surface area contributed by atoms with Gasteiger partial charge in [0.1, 0.15) is 5.75 Å². The Morgan fingerprint density at radius 2 is 2.12 bits per heavy atom. The third-order valence-corrected chi connectivity index (χ3v) is 2.77. The molecule has 1 aliphatic rings. The molecule has 0 bridgehead atoms. The monoisotopic (exact) mass is 234 g/mol. The molecule has 0 atom stereocenters. The summed E-state index contributed by atoms with van der Waals surface area (Å²) in [6.07, 6.45) is 2.47. The second-order valence-corrected chi connectivity index (χ2v) is 4.47. The molecule has 1 saturated carbocycles. The minimum atomic E-state index is -0.107. The molecule has 0 unspecified atom stereocenters. The van der Waals surface area contributed by atoms with Crippen molar-refractivity contribution in [1.82, 2.24) is 5.32 Å². The van der Waals surface area contributed by atoms with Crippen LogP contribution in [0.5, 0.6) is 5.75 Å². The predicted octanol–water partition coefficient (Wildman–Crippen LogP) is 1.65. The summed E-state index contributed by atoms with van der Waals surface area (Å²) in [4.78, 5) is 13.8. The van der Waals surface area contributed by atoms with Crippen LogP contribution in [0, 0.1) is 0 Å². The topological polar surface area (TPSA) is 41.6 Å². The Bertz CT molecular complexity index is 425. The fraction of sp³-hybridized carbons (Fsp3) is 0.462. The largest absolute Gasteiger partial charge is 0.490 e. The van der Waals surface area contributed by atoms with Crippen LogP contribution >= 0.6 is 0 Å². The van der Waals surface area contributed by atoms with Gasteiger partial charge < -0.3 is 15.0 Å². The summed E-state index contributed by atoms with van der Waals surface area (Å²) < 4.78 is 5.73. The normalized spacial score (nSPS) is 14.3. The van der Waals surface area contributed by atoms with Crippen molar-refractivity contribution in [3.63, 3.8) is 0 Å². The Balaban J connectivity index is 2.32. The molecular formula is C13H18N2O2. The number of rotatable bonds is 4. The van der Waals surface area contributed by atoms with Gasteiger partial charge in [-0.3, -0.25) is 4.79 Å². The number of hydrogen-bond acceptors (Lipinski definition) is 3. The highest BCUT2D eigenvalue weighted by Crippen LogP contribution is 2.31. The van der Waals surface area contributed by atoms with Crippen molar-refractivity contribution in [2.45, 2.75) is 18.9 Å². The van der Waals surface area contributed by atoms with Gasteiger partial charge in [-0.15, -0.1) is 0 Å². The van der Waals surface area contributed by atoms with Gasteiger partial charge in [0.2, 0.25) is 0 Å². The zero-order valence-electron chi connectivity index (χ0n) is 10.5. The van der Waals surface area contributed by atoms with E-state index in [2.05, 4.69) is 5.32 Å². The van der Waals surface area contributed by atoms with E-state index in [-0.39, 0.29) is 5.91 Å². The number of carbonyl (C=O) groups is 1. The van der Waals surface area contributed by atoms with Crippen LogP contribution in [0.1, 0.15) is 23.2 Å². The van der Waals surface area contributed by atoms with Crippen LogP contribution in [0.4, 0.5) is 5.69 Å². The van der Waals surface area contributed by atoms with Gasteiger partial charge in [-0.05, 0) is 31.0 Å². The van der Waals surface area contributed by atoms with Gasteiger partial charge in [0, 0.05) is 26.8 Å². The zero-order valence-corrected chi connectivity index (χ0v) is 10.5. The molecule has 0 radical (unpaired) electrons. The number of anilines is 1. The third-order valence-electron chi connectivity index (χ3n) is 2.77. The van der Waals surface area contributed by atoms with Gasteiger partial charge in [0.25, 0.3) is 5.91 Å². The number of ether oxygens (including phenoxy) is 1. The first-order valence-corrected chi connectivity index (χ1v) is 5.82. The maximum absolute atomic E-state index is 11.8. The Hall–Kier alpha value is -1.71. The van der Waals surface area contributed by atoms with E-state index in [1.807, 2.05) is 37.2 Å². The summed E-state index contributed by atoms with van der Waals surface area (Å²) in [7, 11) is 5.53. The van der Waals surface area contributed by atoms with Crippen molar-refractivity contribution in [1.29, 1.82) is 0 Å². The number of benzene rings is 1. The number of amides is 1. The van der Waals surface area contributed by atoms with E-state index in [4.69, 9.17) is 4.74 Å². The SMILES string of the molecule is CNC(=O)c1cc(N(C)C)ccc1OC1CC1. The molecule has 92 valence electrons. The molecule has 0 heterocycles. The molecule has 1 amide bonds. The quantitative estimate of drug-likeness (QED) is 0.861. The highest BCUT2D eigenvalue weighted by Gasteiger charge is 2.25. The van der Waals surface area contributed by atoms with Gasteiger partial charge in [0.15, 0.2) is 0 Å². The number of nitrogens with one attached hydrogen (secondary N) is 1. The van der Waals surface area contributed by atoms with Crippen LogP contribution in [0.2, 0.25) is 0 Å². The van der Waals surface area contributed by atoms with Crippen molar-refractivity contribution in [2.24, 2.45) is 0 Å². The van der Waals surface area contributed by atoms with Crippen LogP contribution < -0.4 is 15.0 Å². The number of carbonyl (C=O) groups excluding carboxylic acids is 1. The molecule has 17 heavy (non-hydrogen) atoms. The molecule has 0 saturated heterocycles. The number of nitrogens with zero attached hydrogens (tertiary/aromatic N) is 1. The van der Waals surface area contributed by atoms with E-state index in [1.165, 1.54) is 0 Å². The fourth-order valence-corrected chi connectivity index (χ4v) is 1.58. The second kappa shape index (κ2) is 4.65. The van der Waals surface area contributed by atoms with Crippen LogP contribution in [0.15, 0.2) is 18.2 Å². The molecule has 1 aromatic carbocycles. The lowest BCUT2D eigenvalue weighted by Crippen LogP contribution is -2.20. The highest BCUT2D eigenvalue weighted by atomic mass is 16.5. The lowest BCUT2D eigenvalue weighted by Gasteiger charge is -2.16. The van der Waals surface area contributed by atoms with E-state index < -0.39 is 0 Å². The van der Waals surface area contributed by atoms with Crippen molar-refractivity contribution in [2.75, 3.05) is 26.0 Å². The molecule has 0 spiro atoms. The maximum Gasteiger partial charge on any atom is 0.254 e. The first-order chi connectivity index (χ1) is 8.11. The van der Waals surface area contributed by atoms with Crippen molar-refractivity contribution < 1.29 is 9.53 Å². The standard InChI is InChI=1S/C13H18N2O2/c1-14-13(16)11-8-9(15(2)3)4-7-12(11)17-10-5-6-10/h4,7-8,10H,5-6H2,1-3H3,(H,14,16). The highest BCUT2D eigenvalue weighted by molar-refractivity contribution is 5.97. The molecule has 4 heteroatoms. The summed E-state index contributed by atoms with van der Waals surface area (Å²) in [6.45, 7) is 0. The molecule has 1 aromatic rings. The minimum Gasteiger partial charge on any atom is -0.490 e. The average Bonchev–Trinajstić information content (AvgIpc) is 3.12. The predicted molar refractivity (Wildman–Crippen MR) is 67.8 cm³/mol. The third kappa shape index (κ3) is 2.70. The lowest BCUT2D eigenvalue weighted by molar-refractivity contribution is 0.0958. The summed E-state index contributed by atoms with van der Waals surface area (Å²) in [6, 6.07) is 5.69. The van der Waals surface area contributed by atoms with E-state index in [0.29, 0.717) is 17.4 Å². The first kappa shape index (κ1) is 11.8. The zero-order chi connectivity index (χ0) is 12.4. The molecule has 1 aliphatic carbocycles. The van der Waals surface area contributed by atoms with E-state index >= 15 is 0 Å². The van der Waals surface area contributed by atoms with E-state index in [9.17, 15) is 4.79 Å². The fourth-order valence-electron chi connectivity index (χ4n) is 1.58. The van der Waals surface area contributed by atoms with Crippen molar-refractivity contribution in [3.05, 3.63) is 23.8 Å². The minimum absolute atomic E-state index is 0.107. The first-order valence-electron chi connectivity index (χ1n) is 5.82. The molecule has 1 N–H and O–H groups in total. The molecule has 0 aliphatic heterocycles. The van der Waals surface area contributed by atoms with Crippen molar-refractivity contribution in [3.8, 4) is 5.75 Å². The second-order valence-electron chi connectivity index (χ2n) is 4.47. The van der Waals surface area contributed by atoms with Gasteiger partial charge >= 0.3 is 0 Å². The van der Waals surface area contributed by atoms with Gasteiger partial charge in [-0.2, -0.15) is 0 Å². The molecular weight excluding hydrogens is 216 g/mol. The summed E-state index contributed by atoms with van der Waals surface area (Å²) in [5, 5.41) is 2.64. The Kier molecular flexibility index (Phi) is 3.22. The molecule has 2 rings (SSSR count). The summed E-state index contributed by atoms with van der Waals surface area (Å²) >= 11 is 0. The van der Waals surface area contributed by atoms with Crippen LogP contribution in [0.25, 0.3) is 0 Å².